The first-order valence-corrected chi connectivity index (χ1v) is 8.66. The molecule has 1 amide bonds. The standard InChI is InChI=1S/C21H16BrNO2/c22-17-10-6-9-16(14-17)21(25)23-19-12-5-4-11-18(19)20(24)13-15-7-2-1-3-8-15/h1-12,14H,13H2,(H,23,25). The summed E-state index contributed by atoms with van der Waals surface area (Å²) in [5.74, 6) is -0.280. The van der Waals surface area contributed by atoms with Crippen LogP contribution in [-0.4, -0.2) is 11.7 Å². The molecular weight excluding hydrogens is 378 g/mol. The monoisotopic (exact) mass is 393 g/mol. The van der Waals surface area contributed by atoms with E-state index in [0.29, 0.717) is 23.2 Å². The number of amides is 1. The molecule has 0 spiro atoms. The van der Waals surface area contributed by atoms with Gasteiger partial charge < -0.3 is 5.32 Å². The number of anilines is 1. The zero-order chi connectivity index (χ0) is 17.6. The van der Waals surface area contributed by atoms with Crippen LogP contribution in [0.4, 0.5) is 5.69 Å². The zero-order valence-electron chi connectivity index (χ0n) is 13.4. The second kappa shape index (κ2) is 7.90. The van der Waals surface area contributed by atoms with Crippen LogP contribution in [0.3, 0.4) is 0 Å². The number of rotatable bonds is 5. The van der Waals surface area contributed by atoms with Crippen LogP contribution in [0.25, 0.3) is 0 Å². The van der Waals surface area contributed by atoms with Crippen LogP contribution < -0.4 is 5.32 Å². The Labute approximate surface area is 154 Å². The van der Waals surface area contributed by atoms with Crippen LogP contribution in [0.2, 0.25) is 0 Å². The topological polar surface area (TPSA) is 46.2 Å². The van der Waals surface area contributed by atoms with E-state index in [2.05, 4.69) is 21.2 Å². The molecule has 0 aliphatic rings. The number of nitrogens with one attached hydrogen (secondary N) is 1. The number of Topliss-reactive ketones (excluding diaryl/α,β-unsaturated/α-hetero) is 1. The fraction of sp³-hybridized carbons (Fsp3) is 0.0476. The molecule has 0 unspecified atom stereocenters. The summed E-state index contributed by atoms with van der Waals surface area (Å²) in [4.78, 5) is 25.1. The van der Waals surface area contributed by atoms with E-state index in [-0.39, 0.29) is 11.7 Å². The SMILES string of the molecule is O=C(Nc1ccccc1C(=O)Cc1ccccc1)c1cccc(Br)c1. The number of para-hydroxylation sites is 1. The van der Waals surface area contributed by atoms with E-state index < -0.39 is 0 Å². The average Bonchev–Trinajstić information content (AvgIpc) is 2.63. The number of carbonyl (C=O) groups excluding carboxylic acids is 2. The van der Waals surface area contributed by atoms with Crippen LogP contribution in [0.5, 0.6) is 0 Å². The van der Waals surface area contributed by atoms with E-state index in [0.717, 1.165) is 10.0 Å². The number of ketones is 1. The molecule has 0 saturated carbocycles. The van der Waals surface area contributed by atoms with Crippen LogP contribution in [0.15, 0.2) is 83.3 Å². The first-order chi connectivity index (χ1) is 12.1. The minimum Gasteiger partial charge on any atom is -0.321 e. The average molecular weight is 394 g/mol. The molecule has 1 N–H and O–H groups in total. The Morgan fingerprint density at radius 1 is 0.840 bits per heavy atom. The Morgan fingerprint density at radius 2 is 1.56 bits per heavy atom. The van der Waals surface area contributed by atoms with Crippen molar-refractivity contribution in [3.05, 3.63) is 100 Å². The Hall–Kier alpha value is -2.72. The predicted octanol–water partition coefficient (Wildman–Crippen LogP) is 5.13. The first-order valence-electron chi connectivity index (χ1n) is 7.86. The summed E-state index contributed by atoms with van der Waals surface area (Å²) in [7, 11) is 0. The van der Waals surface area contributed by atoms with E-state index in [1.54, 1.807) is 42.5 Å². The molecule has 3 aromatic carbocycles. The van der Waals surface area contributed by atoms with Crippen LogP contribution in [0.1, 0.15) is 26.3 Å². The smallest absolute Gasteiger partial charge is 0.255 e. The first kappa shape index (κ1) is 17.1. The zero-order valence-corrected chi connectivity index (χ0v) is 15.0. The Kier molecular flexibility index (Phi) is 5.41. The van der Waals surface area contributed by atoms with Gasteiger partial charge in [0, 0.05) is 22.0 Å². The summed E-state index contributed by atoms with van der Waals surface area (Å²) in [5.41, 5.74) is 2.50. The van der Waals surface area contributed by atoms with Gasteiger partial charge in [-0.25, -0.2) is 0 Å². The Morgan fingerprint density at radius 3 is 2.32 bits per heavy atom. The maximum absolute atomic E-state index is 12.6. The van der Waals surface area contributed by atoms with Crippen LogP contribution in [-0.2, 0) is 6.42 Å². The Balaban J connectivity index is 1.81. The number of hydrogen-bond acceptors (Lipinski definition) is 2. The van der Waals surface area contributed by atoms with E-state index >= 15 is 0 Å². The van der Waals surface area contributed by atoms with Gasteiger partial charge in [-0.1, -0.05) is 64.5 Å². The lowest BCUT2D eigenvalue weighted by atomic mass is 10.0. The molecule has 124 valence electrons. The summed E-state index contributed by atoms with van der Waals surface area (Å²) >= 11 is 3.36. The van der Waals surface area contributed by atoms with Crippen molar-refractivity contribution in [3.8, 4) is 0 Å². The fourth-order valence-electron chi connectivity index (χ4n) is 2.54. The number of hydrogen-bond donors (Lipinski definition) is 1. The third-order valence-corrected chi connectivity index (χ3v) is 4.26. The highest BCUT2D eigenvalue weighted by Crippen LogP contribution is 2.20. The highest BCUT2D eigenvalue weighted by Gasteiger charge is 2.14. The van der Waals surface area contributed by atoms with E-state index in [9.17, 15) is 9.59 Å². The molecule has 0 bridgehead atoms. The van der Waals surface area contributed by atoms with E-state index in [4.69, 9.17) is 0 Å². The molecular formula is C21H16BrNO2. The van der Waals surface area contributed by atoms with Gasteiger partial charge in [0.15, 0.2) is 5.78 Å². The van der Waals surface area contributed by atoms with Gasteiger partial charge in [0.2, 0.25) is 0 Å². The second-order valence-electron chi connectivity index (χ2n) is 5.60. The summed E-state index contributed by atoms with van der Waals surface area (Å²) in [6.45, 7) is 0. The van der Waals surface area contributed by atoms with Crippen molar-refractivity contribution in [2.24, 2.45) is 0 Å². The fourth-order valence-corrected chi connectivity index (χ4v) is 2.94. The Bertz CT molecular complexity index is 907. The quantitative estimate of drug-likeness (QED) is 0.610. The van der Waals surface area contributed by atoms with Gasteiger partial charge in [-0.2, -0.15) is 0 Å². The molecule has 0 aliphatic heterocycles. The molecule has 0 saturated heterocycles. The van der Waals surface area contributed by atoms with Gasteiger partial charge in [0.25, 0.3) is 5.91 Å². The molecule has 4 heteroatoms. The minimum absolute atomic E-state index is 0.0312. The van der Waals surface area contributed by atoms with Crippen molar-refractivity contribution in [1.82, 2.24) is 0 Å². The van der Waals surface area contributed by atoms with Crippen molar-refractivity contribution < 1.29 is 9.59 Å². The summed E-state index contributed by atoms with van der Waals surface area (Å²) in [5, 5.41) is 2.84. The lowest BCUT2D eigenvalue weighted by Crippen LogP contribution is -2.15. The lowest BCUT2D eigenvalue weighted by molar-refractivity contribution is 0.0994. The molecule has 0 radical (unpaired) electrons. The minimum atomic E-state index is -0.249. The van der Waals surface area contributed by atoms with Gasteiger partial charge in [0.05, 0.1) is 5.69 Å². The lowest BCUT2D eigenvalue weighted by Gasteiger charge is -2.11. The predicted molar refractivity (Wildman–Crippen MR) is 103 cm³/mol. The molecule has 3 nitrogen and oxygen atoms in total. The largest absolute Gasteiger partial charge is 0.321 e. The third kappa shape index (κ3) is 4.43. The van der Waals surface area contributed by atoms with Crippen LogP contribution >= 0.6 is 15.9 Å². The molecule has 0 fully saturated rings. The molecule has 3 aromatic rings. The van der Waals surface area contributed by atoms with Crippen molar-refractivity contribution >= 4 is 33.3 Å². The van der Waals surface area contributed by atoms with Crippen molar-refractivity contribution in [2.45, 2.75) is 6.42 Å². The summed E-state index contributed by atoms with van der Waals surface area (Å²) in [6.07, 6.45) is 0.296. The third-order valence-electron chi connectivity index (χ3n) is 3.77. The number of carbonyl (C=O) groups is 2. The normalized spacial score (nSPS) is 10.3. The molecule has 0 aliphatic carbocycles. The van der Waals surface area contributed by atoms with Crippen molar-refractivity contribution in [1.29, 1.82) is 0 Å². The highest BCUT2D eigenvalue weighted by atomic mass is 79.9. The summed E-state index contributed by atoms with van der Waals surface area (Å²) < 4.78 is 0.827. The van der Waals surface area contributed by atoms with E-state index in [1.165, 1.54) is 0 Å². The molecule has 3 rings (SSSR count). The highest BCUT2D eigenvalue weighted by molar-refractivity contribution is 9.10. The van der Waals surface area contributed by atoms with Gasteiger partial charge in [-0.3, -0.25) is 9.59 Å². The molecule has 0 heterocycles. The van der Waals surface area contributed by atoms with Crippen LogP contribution in [0, 0.1) is 0 Å². The van der Waals surface area contributed by atoms with Crippen molar-refractivity contribution in [2.75, 3.05) is 5.32 Å². The van der Waals surface area contributed by atoms with Gasteiger partial charge in [-0.15, -0.1) is 0 Å². The van der Waals surface area contributed by atoms with Crippen molar-refractivity contribution in [3.63, 3.8) is 0 Å². The van der Waals surface area contributed by atoms with Gasteiger partial charge in [0.1, 0.15) is 0 Å². The van der Waals surface area contributed by atoms with Gasteiger partial charge >= 0.3 is 0 Å². The molecule has 0 atom stereocenters. The summed E-state index contributed by atoms with van der Waals surface area (Å²) in [6, 6.07) is 23.8. The van der Waals surface area contributed by atoms with Gasteiger partial charge in [-0.05, 0) is 35.9 Å². The molecule has 0 aromatic heterocycles. The maximum Gasteiger partial charge on any atom is 0.255 e. The second-order valence-corrected chi connectivity index (χ2v) is 6.51. The molecule has 25 heavy (non-hydrogen) atoms. The maximum atomic E-state index is 12.6. The number of halogens is 1. The van der Waals surface area contributed by atoms with E-state index in [1.807, 2.05) is 36.4 Å². The number of benzene rings is 3.